The van der Waals surface area contributed by atoms with Gasteiger partial charge in [0.15, 0.2) is 12.4 Å². The molecule has 2 aromatic carbocycles. The van der Waals surface area contributed by atoms with Gasteiger partial charge in [-0.25, -0.2) is 9.18 Å². The molecule has 0 radical (unpaired) electrons. The van der Waals surface area contributed by atoms with Crippen molar-refractivity contribution in [3.63, 3.8) is 0 Å². The second-order valence-electron chi connectivity index (χ2n) is 5.18. The first kappa shape index (κ1) is 18.1. The number of ketones is 1. The highest BCUT2D eigenvalue weighted by atomic mass is 19.1. The summed E-state index contributed by atoms with van der Waals surface area (Å²) in [6, 6.07) is 12.1. The van der Waals surface area contributed by atoms with Crippen LogP contribution in [0, 0.1) is 5.82 Å². The monoisotopic (exact) mass is 341 g/mol. The maximum Gasteiger partial charge on any atom is 0.331 e. The molecule has 6 heteroatoms. The fourth-order valence-corrected chi connectivity index (χ4v) is 1.94. The molecule has 0 aliphatic rings. The number of benzene rings is 2. The number of esters is 1. The van der Waals surface area contributed by atoms with E-state index in [0.717, 1.165) is 6.08 Å². The lowest BCUT2D eigenvalue weighted by molar-refractivity contribution is -0.142. The number of carbonyl (C=O) groups excluding carboxylic acids is 3. The van der Waals surface area contributed by atoms with Crippen LogP contribution in [0.15, 0.2) is 54.6 Å². The third-order valence-corrected chi connectivity index (χ3v) is 3.18. The van der Waals surface area contributed by atoms with E-state index in [4.69, 9.17) is 4.74 Å². The Hall–Kier alpha value is -3.28. The molecule has 0 fully saturated rings. The van der Waals surface area contributed by atoms with Crippen LogP contribution in [-0.4, -0.2) is 24.3 Å². The van der Waals surface area contributed by atoms with Crippen LogP contribution in [0.5, 0.6) is 0 Å². The zero-order valence-corrected chi connectivity index (χ0v) is 13.5. The Morgan fingerprint density at radius 3 is 2.48 bits per heavy atom. The Morgan fingerprint density at radius 1 is 1.12 bits per heavy atom. The maximum atomic E-state index is 13.0. The Bertz CT molecular complexity index is 812. The SMILES string of the molecule is CC(=O)c1ccc(NC(=O)COC(=O)/C=C\c2cccc(F)c2)cc1. The number of hydrogen-bond donors (Lipinski definition) is 1. The molecule has 0 saturated heterocycles. The average molecular weight is 341 g/mol. The fourth-order valence-electron chi connectivity index (χ4n) is 1.94. The molecule has 0 saturated carbocycles. The summed E-state index contributed by atoms with van der Waals surface area (Å²) in [7, 11) is 0. The van der Waals surface area contributed by atoms with E-state index in [0.29, 0.717) is 16.8 Å². The molecule has 2 aromatic rings. The summed E-state index contributed by atoms with van der Waals surface area (Å²) in [5.41, 5.74) is 1.53. The van der Waals surface area contributed by atoms with Crippen LogP contribution in [0.25, 0.3) is 6.08 Å². The van der Waals surface area contributed by atoms with Gasteiger partial charge in [0.05, 0.1) is 0 Å². The van der Waals surface area contributed by atoms with E-state index in [9.17, 15) is 18.8 Å². The Balaban J connectivity index is 1.81. The van der Waals surface area contributed by atoms with E-state index in [1.165, 1.54) is 31.2 Å². The highest BCUT2D eigenvalue weighted by Crippen LogP contribution is 2.10. The second-order valence-corrected chi connectivity index (χ2v) is 5.18. The minimum Gasteiger partial charge on any atom is -0.452 e. The Kier molecular flexibility index (Phi) is 6.17. The summed E-state index contributed by atoms with van der Waals surface area (Å²) >= 11 is 0. The first-order valence-electron chi connectivity index (χ1n) is 7.45. The Morgan fingerprint density at radius 2 is 1.84 bits per heavy atom. The van der Waals surface area contributed by atoms with Crippen molar-refractivity contribution >= 4 is 29.4 Å². The summed E-state index contributed by atoms with van der Waals surface area (Å²) in [4.78, 5) is 34.5. The summed E-state index contributed by atoms with van der Waals surface area (Å²) < 4.78 is 17.8. The van der Waals surface area contributed by atoms with Crippen LogP contribution in [0.3, 0.4) is 0 Å². The van der Waals surface area contributed by atoms with Gasteiger partial charge in [-0.3, -0.25) is 9.59 Å². The molecule has 2 rings (SSSR count). The molecule has 0 unspecified atom stereocenters. The van der Waals surface area contributed by atoms with Gasteiger partial charge >= 0.3 is 5.97 Å². The molecule has 0 atom stereocenters. The average Bonchev–Trinajstić information content (AvgIpc) is 2.58. The van der Waals surface area contributed by atoms with E-state index < -0.39 is 24.3 Å². The lowest BCUT2D eigenvalue weighted by Crippen LogP contribution is -2.20. The zero-order valence-electron chi connectivity index (χ0n) is 13.5. The predicted molar refractivity (Wildman–Crippen MR) is 91.5 cm³/mol. The molecule has 0 spiro atoms. The van der Waals surface area contributed by atoms with Gasteiger partial charge in [-0.2, -0.15) is 0 Å². The summed E-state index contributed by atoms with van der Waals surface area (Å²) in [5, 5.41) is 2.54. The van der Waals surface area contributed by atoms with Crippen LogP contribution < -0.4 is 5.32 Å². The van der Waals surface area contributed by atoms with Gasteiger partial charge in [-0.15, -0.1) is 0 Å². The molecule has 0 aromatic heterocycles. The highest BCUT2D eigenvalue weighted by molar-refractivity contribution is 5.96. The lowest BCUT2D eigenvalue weighted by Gasteiger charge is -2.06. The topological polar surface area (TPSA) is 72.5 Å². The third-order valence-electron chi connectivity index (χ3n) is 3.18. The first-order valence-corrected chi connectivity index (χ1v) is 7.45. The van der Waals surface area contributed by atoms with Crippen molar-refractivity contribution in [2.75, 3.05) is 11.9 Å². The molecule has 0 aliphatic heterocycles. The molecule has 0 bridgehead atoms. The summed E-state index contributed by atoms with van der Waals surface area (Å²) in [6.45, 7) is 0.991. The number of hydrogen-bond acceptors (Lipinski definition) is 4. The van der Waals surface area contributed by atoms with Crippen molar-refractivity contribution in [1.29, 1.82) is 0 Å². The smallest absolute Gasteiger partial charge is 0.331 e. The zero-order chi connectivity index (χ0) is 18.2. The van der Waals surface area contributed by atoms with Gasteiger partial charge in [-0.05, 0) is 55.0 Å². The third kappa shape index (κ3) is 6.02. The van der Waals surface area contributed by atoms with Crippen molar-refractivity contribution in [2.24, 2.45) is 0 Å². The molecular weight excluding hydrogens is 325 g/mol. The minimum atomic E-state index is -0.716. The lowest BCUT2D eigenvalue weighted by atomic mass is 10.1. The van der Waals surface area contributed by atoms with Gasteiger partial charge in [-0.1, -0.05) is 12.1 Å². The molecule has 25 heavy (non-hydrogen) atoms. The van der Waals surface area contributed by atoms with Crippen molar-refractivity contribution in [2.45, 2.75) is 6.92 Å². The number of anilines is 1. The predicted octanol–water partition coefficient (Wildman–Crippen LogP) is 3.22. The molecule has 0 heterocycles. The van der Waals surface area contributed by atoms with Gasteiger partial charge in [0.2, 0.25) is 0 Å². The number of rotatable bonds is 6. The first-order chi connectivity index (χ1) is 11.9. The van der Waals surface area contributed by atoms with Crippen molar-refractivity contribution < 1.29 is 23.5 Å². The van der Waals surface area contributed by atoms with E-state index in [1.807, 2.05) is 0 Å². The van der Waals surface area contributed by atoms with Crippen LogP contribution in [0.4, 0.5) is 10.1 Å². The van der Waals surface area contributed by atoms with Crippen LogP contribution in [0.1, 0.15) is 22.8 Å². The number of amides is 1. The minimum absolute atomic E-state index is 0.0723. The highest BCUT2D eigenvalue weighted by Gasteiger charge is 2.06. The van der Waals surface area contributed by atoms with Crippen LogP contribution in [-0.2, 0) is 14.3 Å². The molecule has 1 N–H and O–H groups in total. The standard InChI is InChI=1S/C19H16FNO4/c1-13(22)15-6-8-17(9-7-15)21-18(23)12-25-19(24)10-5-14-3-2-4-16(20)11-14/h2-11H,12H2,1H3,(H,21,23)/b10-5-. The van der Waals surface area contributed by atoms with Crippen molar-refractivity contribution in [3.05, 3.63) is 71.6 Å². The van der Waals surface area contributed by atoms with Crippen LogP contribution >= 0.6 is 0 Å². The number of nitrogens with one attached hydrogen (secondary N) is 1. The molecule has 0 aliphatic carbocycles. The number of halogens is 1. The largest absolute Gasteiger partial charge is 0.452 e. The normalized spacial score (nSPS) is 10.5. The number of Topliss-reactive ketones (excluding diaryl/α,β-unsaturated/α-hetero) is 1. The maximum absolute atomic E-state index is 13.0. The number of carbonyl (C=O) groups is 3. The van der Waals surface area contributed by atoms with Gasteiger partial charge in [0, 0.05) is 17.3 Å². The molecule has 5 nitrogen and oxygen atoms in total. The molecule has 128 valence electrons. The van der Waals surface area contributed by atoms with Gasteiger partial charge < -0.3 is 10.1 Å². The summed E-state index contributed by atoms with van der Waals surface area (Å²) in [6.07, 6.45) is 2.51. The van der Waals surface area contributed by atoms with E-state index >= 15 is 0 Å². The van der Waals surface area contributed by atoms with E-state index in [-0.39, 0.29) is 5.78 Å². The van der Waals surface area contributed by atoms with Crippen molar-refractivity contribution in [3.8, 4) is 0 Å². The molecule has 1 amide bonds. The second kappa shape index (κ2) is 8.54. The summed E-state index contributed by atoms with van der Waals surface area (Å²) in [5.74, 6) is -1.71. The van der Waals surface area contributed by atoms with E-state index in [2.05, 4.69) is 5.32 Å². The van der Waals surface area contributed by atoms with Gasteiger partial charge in [0.25, 0.3) is 5.91 Å². The van der Waals surface area contributed by atoms with Crippen molar-refractivity contribution in [1.82, 2.24) is 0 Å². The number of ether oxygens (including phenoxy) is 1. The molecular formula is C19H16FNO4. The quantitative estimate of drug-likeness (QED) is 0.497. The Labute approximate surface area is 144 Å². The van der Waals surface area contributed by atoms with Gasteiger partial charge in [0.1, 0.15) is 5.82 Å². The fraction of sp³-hybridized carbons (Fsp3) is 0.105. The van der Waals surface area contributed by atoms with E-state index in [1.54, 1.807) is 30.3 Å². The van der Waals surface area contributed by atoms with Crippen LogP contribution in [0.2, 0.25) is 0 Å².